The lowest BCUT2D eigenvalue weighted by Gasteiger charge is -2.40. The molecule has 0 unspecified atom stereocenters. The van der Waals surface area contributed by atoms with E-state index in [0.717, 1.165) is 28.5 Å². The quantitative estimate of drug-likeness (QED) is 0.667. The number of fused-ring (bicyclic) bond motifs is 1. The Labute approximate surface area is 188 Å². The van der Waals surface area contributed by atoms with Crippen LogP contribution in [0.3, 0.4) is 0 Å². The molecule has 0 spiro atoms. The van der Waals surface area contributed by atoms with E-state index >= 15 is 0 Å². The minimum absolute atomic E-state index is 0.0749. The number of aromatic nitrogens is 1. The van der Waals surface area contributed by atoms with Crippen molar-refractivity contribution in [3.8, 4) is 0 Å². The number of amides is 1. The molecule has 2 aliphatic rings. The molecule has 0 bridgehead atoms. The summed E-state index contributed by atoms with van der Waals surface area (Å²) in [5.41, 5.74) is 3.03. The van der Waals surface area contributed by atoms with Gasteiger partial charge in [0.2, 0.25) is 5.91 Å². The first kappa shape index (κ1) is 22.8. The van der Waals surface area contributed by atoms with Crippen LogP contribution >= 0.6 is 0 Å². The Hall–Kier alpha value is -2.41. The zero-order valence-electron chi connectivity index (χ0n) is 19.1. The van der Waals surface area contributed by atoms with E-state index in [0.29, 0.717) is 32.0 Å². The third-order valence-electron chi connectivity index (χ3n) is 6.91. The third-order valence-corrected chi connectivity index (χ3v) is 6.91. The Morgan fingerprint density at radius 2 is 2.12 bits per heavy atom. The largest absolute Gasteiger partial charge is 0.342 e. The van der Waals surface area contributed by atoms with E-state index in [-0.39, 0.29) is 24.8 Å². The molecule has 4 rings (SSSR count). The molecular weight excluding hydrogens is 410 g/mol. The summed E-state index contributed by atoms with van der Waals surface area (Å²) in [4.78, 5) is 25.3. The van der Waals surface area contributed by atoms with Gasteiger partial charge in [0.1, 0.15) is 0 Å². The van der Waals surface area contributed by atoms with E-state index in [9.17, 15) is 13.6 Å². The maximum atomic E-state index is 14.5. The van der Waals surface area contributed by atoms with Crippen LogP contribution in [-0.2, 0) is 4.79 Å². The standard InChI is InChI=1S/C25H32F2N4O/c1-17-11-19(21-7-6-18(13-28-2)24-22(21)5-4-9-29-24)15-31(14-17)23(32)12-20-8-10-30(3)16-25(20,26)27/h4-7,9,13,17,19-20H,8,10-12,14-16H2,1-3H3/b28-13+/t17-,19+,20+/m1/s1. The highest BCUT2D eigenvalue weighted by atomic mass is 19.3. The second kappa shape index (κ2) is 9.22. The van der Waals surface area contributed by atoms with Gasteiger partial charge >= 0.3 is 0 Å². The van der Waals surface area contributed by atoms with Crippen LogP contribution in [0.4, 0.5) is 8.78 Å². The smallest absolute Gasteiger partial charge is 0.263 e. The maximum absolute atomic E-state index is 14.5. The number of hydrogen-bond donors (Lipinski definition) is 0. The average Bonchev–Trinajstić information content (AvgIpc) is 2.75. The van der Waals surface area contributed by atoms with Crippen LogP contribution in [0.5, 0.6) is 0 Å². The number of aliphatic imine (C=N–C) groups is 1. The lowest BCUT2D eigenvalue weighted by Crippen LogP contribution is -2.49. The fraction of sp³-hybridized carbons (Fsp3) is 0.560. The van der Waals surface area contributed by atoms with E-state index < -0.39 is 11.8 Å². The first-order valence-electron chi connectivity index (χ1n) is 11.4. The van der Waals surface area contributed by atoms with Gasteiger partial charge in [0.15, 0.2) is 0 Å². The van der Waals surface area contributed by atoms with E-state index in [1.54, 1.807) is 31.4 Å². The molecule has 2 saturated heterocycles. The first-order chi connectivity index (χ1) is 15.3. The van der Waals surface area contributed by atoms with Crippen LogP contribution < -0.4 is 0 Å². The molecule has 2 aliphatic heterocycles. The van der Waals surface area contributed by atoms with Crippen molar-refractivity contribution in [2.75, 3.05) is 40.3 Å². The van der Waals surface area contributed by atoms with Crippen molar-refractivity contribution in [2.45, 2.75) is 38.0 Å². The number of rotatable bonds is 4. The summed E-state index contributed by atoms with van der Waals surface area (Å²) in [6, 6.07) is 8.13. The fourth-order valence-corrected chi connectivity index (χ4v) is 5.34. The summed E-state index contributed by atoms with van der Waals surface area (Å²) in [5.74, 6) is -3.38. The second-order valence-corrected chi connectivity index (χ2v) is 9.56. The van der Waals surface area contributed by atoms with Crippen LogP contribution in [0, 0.1) is 11.8 Å². The molecule has 7 heteroatoms. The van der Waals surface area contributed by atoms with Crippen LogP contribution in [-0.4, -0.2) is 73.1 Å². The number of carbonyl (C=O) groups excluding carboxylic acids is 1. The number of benzene rings is 1. The van der Waals surface area contributed by atoms with Gasteiger partial charge in [-0.05, 0) is 44.0 Å². The Morgan fingerprint density at radius 1 is 1.31 bits per heavy atom. The summed E-state index contributed by atoms with van der Waals surface area (Å²) in [6.45, 7) is 3.67. The minimum Gasteiger partial charge on any atom is -0.342 e. The van der Waals surface area contributed by atoms with E-state index in [2.05, 4.69) is 29.0 Å². The molecule has 1 aromatic carbocycles. The van der Waals surface area contributed by atoms with E-state index in [1.807, 2.05) is 17.0 Å². The minimum atomic E-state index is -2.82. The highest BCUT2D eigenvalue weighted by Crippen LogP contribution is 2.38. The molecule has 3 atom stereocenters. The summed E-state index contributed by atoms with van der Waals surface area (Å²) >= 11 is 0. The fourth-order valence-electron chi connectivity index (χ4n) is 5.34. The van der Waals surface area contributed by atoms with Gasteiger partial charge in [-0.1, -0.05) is 25.1 Å². The molecule has 0 N–H and O–H groups in total. The van der Waals surface area contributed by atoms with Crippen molar-refractivity contribution >= 4 is 23.0 Å². The Balaban J connectivity index is 1.55. The lowest BCUT2D eigenvalue weighted by molar-refractivity contribution is -0.145. The van der Waals surface area contributed by atoms with Gasteiger partial charge in [-0.3, -0.25) is 14.8 Å². The van der Waals surface area contributed by atoms with Gasteiger partial charge in [0.05, 0.1) is 12.1 Å². The summed E-state index contributed by atoms with van der Waals surface area (Å²) in [6.07, 6.45) is 4.83. The van der Waals surface area contributed by atoms with Crippen molar-refractivity contribution < 1.29 is 13.6 Å². The van der Waals surface area contributed by atoms with E-state index in [4.69, 9.17) is 0 Å². The first-order valence-corrected chi connectivity index (χ1v) is 11.4. The molecule has 32 heavy (non-hydrogen) atoms. The summed E-state index contributed by atoms with van der Waals surface area (Å²) in [7, 11) is 3.45. The molecule has 3 heterocycles. The number of alkyl halides is 2. The molecular formula is C25H32F2N4O. The molecule has 1 aromatic heterocycles. The van der Waals surface area contributed by atoms with Crippen LogP contribution in [0.15, 0.2) is 35.5 Å². The van der Waals surface area contributed by atoms with Gasteiger partial charge < -0.3 is 9.80 Å². The molecule has 172 valence electrons. The van der Waals surface area contributed by atoms with Crippen molar-refractivity contribution in [3.05, 3.63) is 41.6 Å². The number of carbonyl (C=O) groups is 1. The number of nitrogens with zero attached hydrogens (tertiary/aromatic N) is 4. The molecule has 2 fully saturated rings. The molecule has 2 aromatic rings. The highest BCUT2D eigenvalue weighted by Gasteiger charge is 2.45. The van der Waals surface area contributed by atoms with Crippen molar-refractivity contribution in [1.82, 2.24) is 14.8 Å². The number of hydrogen-bond acceptors (Lipinski definition) is 4. The average molecular weight is 443 g/mol. The topological polar surface area (TPSA) is 48.8 Å². The van der Waals surface area contributed by atoms with Crippen molar-refractivity contribution in [3.63, 3.8) is 0 Å². The van der Waals surface area contributed by atoms with Gasteiger partial charge in [0.25, 0.3) is 5.92 Å². The Morgan fingerprint density at radius 3 is 2.88 bits per heavy atom. The second-order valence-electron chi connectivity index (χ2n) is 9.56. The Kier molecular flexibility index (Phi) is 6.56. The number of pyridine rings is 1. The van der Waals surface area contributed by atoms with Crippen molar-refractivity contribution in [2.24, 2.45) is 16.8 Å². The molecule has 0 radical (unpaired) electrons. The zero-order valence-corrected chi connectivity index (χ0v) is 19.1. The third kappa shape index (κ3) is 4.68. The van der Waals surface area contributed by atoms with Gasteiger partial charge in [0, 0.05) is 61.8 Å². The zero-order chi connectivity index (χ0) is 22.9. The van der Waals surface area contributed by atoms with Crippen LogP contribution in [0.25, 0.3) is 10.9 Å². The Bertz CT molecular complexity index is 1010. The number of piperidine rings is 2. The predicted molar refractivity (Wildman–Crippen MR) is 124 cm³/mol. The molecule has 5 nitrogen and oxygen atoms in total. The molecule has 1 amide bonds. The highest BCUT2D eigenvalue weighted by molar-refractivity contribution is 5.99. The molecule has 0 aliphatic carbocycles. The van der Waals surface area contributed by atoms with Crippen LogP contribution in [0.2, 0.25) is 0 Å². The SMILES string of the molecule is C/N=C/c1ccc([C@H]2C[C@@H](C)CN(C(=O)C[C@@H]3CCN(C)CC3(F)F)C2)c2cccnc12. The summed E-state index contributed by atoms with van der Waals surface area (Å²) < 4.78 is 29.0. The normalized spacial score (nSPS) is 26.7. The van der Waals surface area contributed by atoms with Crippen LogP contribution in [0.1, 0.15) is 43.2 Å². The summed E-state index contributed by atoms with van der Waals surface area (Å²) in [5, 5.41) is 1.07. The lowest BCUT2D eigenvalue weighted by atomic mass is 9.82. The van der Waals surface area contributed by atoms with Crippen molar-refractivity contribution in [1.29, 1.82) is 0 Å². The van der Waals surface area contributed by atoms with Gasteiger partial charge in [-0.15, -0.1) is 0 Å². The monoisotopic (exact) mass is 442 g/mol. The number of halogens is 2. The maximum Gasteiger partial charge on any atom is 0.263 e. The molecule has 0 saturated carbocycles. The predicted octanol–water partition coefficient (Wildman–Crippen LogP) is 4.21. The van der Waals surface area contributed by atoms with Gasteiger partial charge in [-0.25, -0.2) is 8.78 Å². The van der Waals surface area contributed by atoms with Gasteiger partial charge in [-0.2, -0.15) is 0 Å². The number of likely N-dealkylation sites (tertiary alicyclic amines) is 2. The van der Waals surface area contributed by atoms with E-state index in [1.165, 1.54) is 0 Å².